The normalized spacial score (nSPS) is 21.9. The molecule has 3 aliphatic rings. The number of hydrogen-bond acceptors (Lipinski definition) is 4. The first kappa shape index (κ1) is 19.9. The topological polar surface area (TPSA) is 87.9 Å². The molecule has 0 aromatic heterocycles. The number of amides is 2. The number of ether oxygens (including phenoxy) is 1. The van der Waals surface area contributed by atoms with Crippen molar-refractivity contribution >= 4 is 35.0 Å². The third kappa shape index (κ3) is 4.32. The molecule has 0 atom stereocenters. The van der Waals surface area contributed by atoms with Gasteiger partial charge in [0.25, 0.3) is 5.91 Å². The first-order valence-corrected chi connectivity index (χ1v) is 10.8. The SMILES string of the molecule is NC(=S)Nc1cccc(C(=O)N2CCC(N3CC4(CCCCC4)OC3=O)CC2)c1. The monoisotopic (exact) mass is 416 g/mol. The van der Waals surface area contributed by atoms with Gasteiger partial charge in [-0.05, 0) is 68.9 Å². The minimum Gasteiger partial charge on any atom is -0.441 e. The maximum Gasteiger partial charge on any atom is 0.410 e. The Hall–Kier alpha value is -2.35. The highest BCUT2D eigenvalue weighted by Crippen LogP contribution is 2.38. The van der Waals surface area contributed by atoms with E-state index in [0.717, 1.165) is 38.5 Å². The fraction of sp³-hybridized carbons (Fsp3) is 0.571. The summed E-state index contributed by atoms with van der Waals surface area (Å²) in [5.41, 5.74) is 6.56. The van der Waals surface area contributed by atoms with Crippen molar-refractivity contribution in [3.05, 3.63) is 29.8 Å². The number of nitrogens with one attached hydrogen (secondary N) is 1. The van der Waals surface area contributed by atoms with Crippen LogP contribution in [-0.4, -0.2) is 58.2 Å². The van der Waals surface area contributed by atoms with Crippen LogP contribution in [-0.2, 0) is 4.74 Å². The highest BCUT2D eigenvalue weighted by Gasteiger charge is 2.48. The second-order valence-corrected chi connectivity index (χ2v) is 8.77. The Bertz CT molecular complexity index is 801. The van der Waals surface area contributed by atoms with Gasteiger partial charge in [-0.15, -0.1) is 0 Å². The van der Waals surface area contributed by atoms with Crippen molar-refractivity contribution in [2.24, 2.45) is 5.73 Å². The quantitative estimate of drug-likeness (QED) is 0.736. The summed E-state index contributed by atoms with van der Waals surface area (Å²) < 4.78 is 5.82. The molecule has 156 valence electrons. The lowest BCUT2D eigenvalue weighted by molar-refractivity contribution is 0.0259. The second kappa shape index (κ2) is 8.18. The van der Waals surface area contributed by atoms with E-state index in [-0.39, 0.29) is 28.8 Å². The molecule has 0 radical (unpaired) electrons. The third-order valence-electron chi connectivity index (χ3n) is 6.33. The number of piperidine rings is 1. The highest BCUT2D eigenvalue weighted by atomic mass is 32.1. The van der Waals surface area contributed by atoms with Crippen LogP contribution >= 0.6 is 12.2 Å². The van der Waals surface area contributed by atoms with Crippen LogP contribution in [0.25, 0.3) is 0 Å². The van der Waals surface area contributed by atoms with Gasteiger partial charge in [0.2, 0.25) is 0 Å². The molecule has 2 aliphatic heterocycles. The number of carbonyl (C=O) groups excluding carboxylic acids is 2. The van der Waals surface area contributed by atoms with Gasteiger partial charge in [0.05, 0.1) is 6.54 Å². The first-order chi connectivity index (χ1) is 14.0. The molecule has 2 saturated heterocycles. The zero-order chi connectivity index (χ0) is 20.4. The number of carbonyl (C=O) groups is 2. The van der Waals surface area contributed by atoms with E-state index in [4.69, 9.17) is 22.7 Å². The van der Waals surface area contributed by atoms with Crippen LogP contribution in [0.5, 0.6) is 0 Å². The molecule has 4 rings (SSSR count). The molecule has 3 N–H and O–H groups in total. The summed E-state index contributed by atoms with van der Waals surface area (Å²) in [7, 11) is 0. The van der Waals surface area contributed by atoms with Gasteiger partial charge in [0, 0.05) is 30.4 Å². The Morgan fingerprint density at radius 2 is 1.93 bits per heavy atom. The average molecular weight is 417 g/mol. The van der Waals surface area contributed by atoms with E-state index in [2.05, 4.69) is 5.32 Å². The maximum absolute atomic E-state index is 12.9. The lowest BCUT2D eigenvalue weighted by atomic mass is 9.84. The van der Waals surface area contributed by atoms with Gasteiger partial charge in [0.15, 0.2) is 5.11 Å². The summed E-state index contributed by atoms with van der Waals surface area (Å²) >= 11 is 4.86. The molecule has 8 heteroatoms. The number of thiocarbonyl (C=S) groups is 1. The third-order valence-corrected chi connectivity index (χ3v) is 6.43. The highest BCUT2D eigenvalue weighted by molar-refractivity contribution is 7.80. The lowest BCUT2D eigenvalue weighted by Gasteiger charge is -2.36. The van der Waals surface area contributed by atoms with Gasteiger partial charge in [-0.3, -0.25) is 4.79 Å². The predicted molar refractivity (Wildman–Crippen MR) is 115 cm³/mol. The van der Waals surface area contributed by atoms with Gasteiger partial charge < -0.3 is 25.6 Å². The van der Waals surface area contributed by atoms with Crippen LogP contribution in [0.4, 0.5) is 10.5 Å². The van der Waals surface area contributed by atoms with Crippen LogP contribution in [0, 0.1) is 0 Å². The van der Waals surface area contributed by atoms with E-state index in [0.29, 0.717) is 30.9 Å². The van der Waals surface area contributed by atoms with Crippen LogP contribution < -0.4 is 11.1 Å². The van der Waals surface area contributed by atoms with Gasteiger partial charge in [-0.2, -0.15) is 0 Å². The van der Waals surface area contributed by atoms with Crippen LogP contribution in [0.15, 0.2) is 24.3 Å². The largest absolute Gasteiger partial charge is 0.441 e. The first-order valence-electron chi connectivity index (χ1n) is 10.4. The Kier molecular flexibility index (Phi) is 5.63. The van der Waals surface area contributed by atoms with Gasteiger partial charge in [-0.1, -0.05) is 12.5 Å². The summed E-state index contributed by atoms with van der Waals surface area (Å²) in [5.74, 6) is -0.0113. The molecule has 0 unspecified atom stereocenters. The van der Waals surface area contributed by atoms with E-state index in [1.54, 1.807) is 12.1 Å². The predicted octanol–water partition coefficient (Wildman–Crippen LogP) is 3.10. The van der Waals surface area contributed by atoms with Crippen molar-refractivity contribution in [2.75, 3.05) is 25.0 Å². The van der Waals surface area contributed by atoms with Crippen LogP contribution in [0.1, 0.15) is 55.3 Å². The Labute approximate surface area is 176 Å². The Balaban J connectivity index is 1.35. The van der Waals surface area contributed by atoms with Crippen LogP contribution in [0.3, 0.4) is 0 Å². The summed E-state index contributed by atoms with van der Waals surface area (Å²) in [6.45, 7) is 1.97. The standard InChI is InChI=1S/C21H28N4O3S/c22-19(29)23-16-6-4-5-15(13-16)18(26)24-11-7-17(8-12-24)25-14-21(28-20(25)27)9-2-1-3-10-21/h4-6,13,17H,1-3,7-12,14H2,(H3,22,23,29). The fourth-order valence-electron chi connectivity index (χ4n) is 4.82. The fourth-order valence-corrected chi connectivity index (χ4v) is 4.94. The van der Waals surface area contributed by atoms with E-state index < -0.39 is 0 Å². The van der Waals surface area contributed by atoms with Crippen molar-refractivity contribution in [3.63, 3.8) is 0 Å². The van der Waals surface area contributed by atoms with Gasteiger partial charge in [0.1, 0.15) is 5.60 Å². The molecule has 1 saturated carbocycles. The molecule has 1 aliphatic carbocycles. The summed E-state index contributed by atoms with van der Waals surface area (Å²) in [6, 6.07) is 7.34. The van der Waals surface area contributed by atoms with Crippen molar-refractivity contribution in [1.29, 1.82) is 0 Å². The summed E-state index contributed by atoms with van der Waals surface area (Å²) in [4.78, 5) is 29.2. The molecule has 0 bridgehead atoms. The molecular weight excluding hydrogens is 388 g/mol. The number of hydrogen-bond donors (Lipinski definition) is 2. The lowest BCUT2D eigenvalue weighted by Crippen LogP contribution is -2.48. The van der Waals surface area contributed by atoms with Gasteiger partial charge in [-0.25, -0.2) is 4.79 Å². The minimum absolute atomic E-state index is 0.0113. The Morgan fingerprint density at radius 3 is 2.62 bits per heavy atom. The van der Waals surface area contributed by atoms with E-state index in [9.17, 15) is 9.59 Å². The van der Waals surface area contributed by atoms with Crippen molar-refractivity contribution in [1.82, 2.24) is 9.80 Å². The zero-order valence-electron chi connectivity index (χ0n) is 16.6. The molecule has 7 nitrogen and oxygen atoms in total. The van der Waals surface area contributed by atoms with Crippen molar-refractivity contribution < 1.29 is 14.3 Å². The van der Waals surface area contributed by atoms with E-state index in [1.165, 1.54) is 6.42 Å². The minimum atomic E-state index is -0.265. The van der Waals surface area contributed by atoms with Crippen molar-refractivity contribution in [3.8, 4) is 0 Å². The average Bonchev–Trinajstić information content (AvgIpc) is 3.03. The second-order valence-electron chi connectivity index (χ2n) is 8.33. The summed E-state index contributed by atoms with van der Waals surface area (Å²) in [5, 5.41) is 3.03. The molecular formula is C21H28N4O3S. The molecule has 2 amide bonds. The number of benzene rings is 1. The zero-order valence-corrected chi connectivity index (χ0v) is 17.4. The Morgan fingerprint density at radius 1 is 1.21 bits per heavy atom. The van der Waals surface area contributed by atoms with E-state index >= 15 is 0 Å². The smallest absolute Gasteiger partial charge is 0.410 e. The van der Waals surface area contributed by atoms with Gasteiger partial charge >= 0.3 is 6.09 Å². The molecule has 3 fully saturated rings. The number of nitrogens with zero attached hydrogens (tertiary/aromatic N) is 2. The molecule has 1 spiro atoms. The number of likely N-dealkylation sites (tertiary alicyclic amines) is 1. The number of nitrogens with two attached hydrogens (primary N) is 1. The van der Waals surface area contributed by atoms with Crippen LogP contribution in [0.2, 0.25) is 0 Å². The summed E-state index contributed by atoms with van der Waals surface area (Å²) in [6.07, 6.45) is 6.84. The molecule has 29 heavy (non-hydrogen) atoms. The number of rotatable bonds is 3. The van der Waals surface area contributed by atoms with Crippen molar-refractivity contribution in [2.45, 2.75) is 56.6 Å². The van der Waals surface area contributed by atoms with E-state index in [1.807, 2.05) is 21.9 Å². The molecule has 2 heterocycles. The molecule has 1 aromatic carbocycles. The maximum atomic E-state index is 12.9. The molecule has 1 aromatic rings. The number of anilines is 1.